The maximum Gasteiger partial charge on any atom is 0.414 e. The first-order valence-corrected chi connectivity index (χ1v) is 24.7. The minimum Gasteiger partial charge on any atom is -0.473 e. The molecular formula is C58H52N12O11. The number of imidazole rings is 6. The van der Waals surface area contributed by atoms with Crippen LogP contribution in [0, 0.1) is 0 Å². The molecule has 6 aromatic carbocycles. The lowest BCUT2D eigenvalue weighted by Crippen LogP contribution is -2.09. The largest absolute Gasteiger partial charge is 0.473 e. The number of rotatable bonds is 9. The van der Waals surface area contributed by atoms with Crippen LogP contribution < -0.4 is 0 Å². The van der Waals surface area contributed by atoms with E-state index in [2.05, 4.69) is 50.7 Å². The Morgan fingerprint density at radius 3 is 0.827 bits per heavy atom. The lowest BCUT2D eigenvalue weighted by molar-refractivity contribution is -0.159. The molecule has 3 atom stereocenters. The normalized spacial score (nSPS) is 11.8. The number of aromatic nitrogens is 12. The fourth-order valence-corrected chi connectivity index (χ4v) is 8.35. The standard InChI is InChI=1S/3C18H16N4O.2C2H2O4/c3*1-13(21-10-9-19-12-21)15-7-8-16-17(11-15)22(23)18(20-16)14-5-3-2-4-6-14;2*3-1(4)2(5)6/h3*2-13,23H,1H3;2*(H,3,4)(H,5,6). The zero-order valence-corrected chi connectivity index (χ0v) is 43.4. The number of aliphatic carboxylic acids is 4. The predicted octanol–water partition coefficient (Wildman–Crippen LogP) is 9.55. The summed E-state index contributed by atoms with van der Waals surface area (Å²) >= 11 is 0. The van der Waals surface area contributed by atoms with E-state index in [1.807, 2.05) is 178 Å². The molecule has 7 N–H and O–H groups in total. The van der Waals surface area contributed by atoms with Gasteiger partial charge in [0.1, 0.15) is 16.6 Å². The number of fused-ring (bicyclic) bond motifs is 3. The van der Waals surface area contributed by atoms with Gasteiger partial charge in [-0.1, -0.05) is 109 Å². The summed E-state index contributed by atoms with van der Waals surface area (Å²) in [6.45, 7) is 6.29. The summed E-state index contributed by atoms with van der Waals surface area (Å²) in [5.41, 5.74) is 10.3. The molecule has 23 nitrogen and oxygen atoms in total. The fraction of sp³-hybridized carbons (Fsp3) is 0.103. The molecule has 12 rings (SSSR count). The van der Waals surface area contributed by atoms with Crippen LogP contribution in [-0.4, -0.2) is 118 Å². The van der Waals surface area contributed by atoms with Gasteiger partial charge in [0.2, 0.25) is 0 Å². The molecule has 3 unspecified atom stereocenters. The van der Waals surface area contributed by atoms with Crippen molar-refractivity contribution in [1.29, 1.82) is 0 Å². The maximum absolute atomic E-state index is 10.5. The van der Waals surface area contributed by atoms with Crippen molar-refractivity contribution in [1.82, 2.24) is 57.8 Å². The minimum atomic E-state index is -1.82. The van der Waals surface area contributed by atoms with Gasteiger partial charge in [0.25, 0.3) is 0 Å². The van der Waals surface area contributed by atoms with E-state index in [-0.39, 0.29) is 18.1 Å². The van der Waals surface area contributed by atoms with Gasteiger partial charge in [-0.25, -0.2) is 49.1 Å². The average molecular weight is 1090 g/mol. The Balaban J connectivity index is 0.000000145. The van der Waals surface area contributed by atoms with Gasteiger partial charge in [0.15, 0.2) is 17.5 Å². The minimum absolute atomic E-state index is 0.136. The third-order valence-corrected chi connectivity index (χ3v) is 12.8. The molecule has 0 saturated carbocycles. The first-order valence-electron chi connectivity index (χ1n) is 24.7. The lowest BCUT2D eigenvalue weighted by Gasteiger charge is -2.13. The summed E-state index contributed by atoms with van der Waals surface area (Å²) in [4.78, 5) is 62.3. The molecule has 23 heteroatoms. The van der Waals surface area contributed by atoms with Gasteiger partial charge in [-0.15, -0.1) is 0 Å². The molecule has 0 amide bonds. The second-order valence-electron chi connectivity index (χ2n) is 17.9. The molecular weight excluding hydrogens is 1040 g/mol. The summed E-state index contributed by atoms with van der Waals surface area (Å²) in [5, 5.41) is 61.1. The van der Waals surface area contributed by atoms with E-state index >= 15 is 0 Å². The highest BCUT2D eigenvalue weighted by Crippen LogP contribution is 2.30. The molecule has 0 spiro atoms. The molecule has 81 heavy (non-hydrogen) atoms. The SMILES string of the molecule is CC(c1ccc2nc(-c3ccccc3)n(O)c2c1)n1ccnc1.CC(c1ccc2nc(-c3ccccc3)n(O)c2c1)n1ccnc1.CC(c1ccc2nc(-c3ccccc3)n(O)c2c1)n1ccnc1.O=C(O)C(=O)O.O=C(O)C(=O)O. The Kier molecular flexibility index (Phi) is 17.4. The molecule has 0 aliphatic heterocycles. The van der Waals surface area contributed by atoms with E-state index in [1.54, 1.807) is 37.6 Å². The molecule has 0 radical (unpaired) electrons. The summed E-state index contributed by atoms with van der Waals surface area (Å²) < 4.78 is 9.56. The predicted molar refractivity (Wildman–Crippen MR) is 296 cm³/mol. The molecule has 0 fully saturated rings. The van der Waals surface area contributed by atoms with Gasteiger partial charge in [-0.05, 0) is 73.9 Å². The first kappa shape index (κ1) is 55.9. The Morgan fingerprint density at radius 2 is 0.617 bits per heavy atom. The maximum atomic E-state index is 10.5. The zero-order chi connectivity index (χ0) is 57.7. The number of carbonyl (C=O) groups is 4. The average Bonchev–Trinajstić information content (AvgIpc) is 4.47. The van der Waals surface area contributed by atoms with Crippen molar-refractivity contribution >= 4 is 57.0 Å². The molecule has 12 aromatic rings. The van der Waals surface area contributed by atoms with Crippen LogP contribution in [0.2, 0.25) is 0 Å². The number of benzene rings is 6. The van der Waals surface area contributed by atoms with Gasteiger partial charge in [0, 0.05) is 53.9 Å². The molecule has 0 bridgehead atoms. The van der Waals surface area contributed by atoms with E-state index < -0.39 is 23.9 Å². The van der Waals surface area contributed by atoms with Gasteiger partial charge < -0.3 is 49.7 Å². The highest BCUT2D eigenvalue weighted by Gasteiger charge is 2.18. The molecule has 0 aliphatic carbocycles. The fourth-order valence-electron chi connectivity index (χ4n) is 8.35. The third-order valence-electron chi connectivity index (χ3n) is 12.8. The van der Waals surface area contributed by atoms with Gasteiger partial charge >= 0.3 is 23.9 Å². The smallest absolute Gasteiger partial charge is 0.414 e. The van der Waals surface area contributed by atoms with Crippen LogP contribution >= 0.6 is 0 Å². The molecule has 410 valence electrons. The van der Waals surface area contributed by atoms with E-state index in [1.165, 1.54) is 0 Å². The first-order chi connectivity index (χ1) is 39.0. The number of hydrogen-bond donors (Lipinski definition) is 7. The zero-order valence-electron chi connectivity index (χ0n) is 43.4. The second kappa shape index (κ2) is 25.2. The number of carboxylic acid groups (broad SMARTS) is 4. The third kappa shape index (κ3) is 13.1. The van der Waals surface area contributed by atoms with Crippen LogP contribution in [0.3, 0.4) is 0 Å². The molecule has 0 saturated heterocycles. The van der Waals surface area contributed by atoms with E-state index in [4.69, 9.17) is 39.6 Å². The van der Waals surface area contributed by atoms with Crippen LogP contribution in [0.1, 0.15) is 55.6 Å². The summed E-state index contributed by atoms with van der Waals surface area (Å²) in [6, 6.07) is 47.3. The topological polar surface area (TPSA) is 317 Å². The van der Waals surface area contributed by atoms with Crippen LogP contribution in [0.5, 0.6) is 0 Å². The Hall–Kier alpha value is -11.4. The molecule has 0 aliphatic rings. The van der Waals surface area contributed by atoms with Crippen molar-refractivity contribution in [3.63, 3.8) is 0 Å². The van der Waals surface area contributed by atoms with Crippen LogP contribution in [0.4, 0.5) is 0 Å². The van der Waals surface area contributed by atoms with Crippen molar-refractivity contribution in [2.45, 2.75) is 38.9 Å². The van der Waals surface area contributed by atoms with Crippen molar-refractivity contribution in [3.05, 3.63) is 218 Å². The van der Waals surface area contributed by atoms with Gasteiger partial charge in [0.05, 0.1) is 53.7 Å². The van der Waals surface area contributed by atoms with Crippen molar-refractivity contribution < 1.29 is 55.2 Å². The summed E-state index contributed by atoms with van der Waals surface area (Å²) in [6.07, 6.45) is 16.5. The van der Waals surface area contributed by atoms with E-state index in [0.717, 1.165) is 64.1 Å². The lowest BCUT2D eigenvalue weighted by atomic mass is 10.1. The van der Waals surface area contributed by atoms with E-state index in [9.17, 15) is 15.6 Å². The highest BCUT2D eigenvalue weighted by atomic mass is 16.5. The summed E-state index contributed by atoms with van der Waals surface area (Å²) in [5.74, 6) is -5.65. The highest BCUT2D eigenvalue weighted by molar-refractivity contribution is 6.27. The summed E-state index contributed by atoms with van der Waals surface area (Å²) in [7, 11) is 0. The van der Waals surface area contributed by atoms with Crippen LogP contribution in [0.15, 0.2) is 202 Å². The van der Waals surface area contributed by atoms with Gasteiger partial charge in [-0.2, -0.15) is 14.2 Å². The second-order valence-corrected chi connectivity index (χ2v) is 17.9. The number of nitrogens with zero attached hydrogens (tertiary/aromatic N) is 12. The van der Waals surface area contributed by atoms with Gasteiger partial charge in [-0.3, -0.25) is 0 Å². The Morgan fingerprint density at radius 1 is 0.370 bits per heavy atom. The monoisotopic (exact) mass is 1090 g/mol. The van der Waals surface area contributed by atoms with Crippen molar-refractivity contribution in [2.24, 2.45) is 0 Å². The quantitative estimate of drug-likeness (QED) is 0.0522. The van der Waals surface area contributed by atoms with E-state index in [0.29, 0.717) is 34.0 Å². The number of carboxylic acids is 4. The molecule has 6 heterocycles. The molecule has 6 aromatic heterocycles. The Labute approximate surface area is 460 Å². The number of hydrogen-bond acceptors (Lipinski definition) is 13. The van der Waals surface area contributed by atoms with Crippen LogP contribution in [0.25, 0.3) is 67.3 Å². The van der Waals surface area contributed by atoms with Crippen LogP contribution in [-0.2, 0) is 19.2 Å². The van der Waals surface area contributed by atoms with Crippen molar-refractivity contribution in [3.8, 4) is 34.2 Å². The Bertz CT molecular complexity index is 3620. The van der Waals surface area contributed by atoms with Crippen molar-refractivity contribution in [2.75, 3.05) is 0 Å².